The van der Waals surface area contributed by atoms with E-state index in [9.17, 15) is 9.18 Å². The number of hydrogen-bond acceptors (Lipinski definition) is 5. The van der Waals surface area contributed by atoms with Crippen LogP contribution in [0.25, 0.3) is 16.9 Å². The monoisotopic (exact) mass is 342 g/mol. The molecule has 4 rings (SSSR count). The van der Waals surface area contributed by atoms with Gasteiger partial charge in [0.2, 0.25) is 6.79 Å². The molecule has 0 amide bonds. The molecule has 0 saturated heterocycles. The lowest BCUT2D eigenvalue weighted by molar-refractivity contribution is 0.174. The van der Waals surface area contributed by atoms with E-state index in [2.05, 4.69) is 5.10 Å². The quantitative estimate of drug-likeness (QED) is 0.780. The predicted molar refractivity (Wildman–Crippen MR) is 89.3 cm³/mol. The van der Waals surface area contributed by atoms with Crippen LogP contribution in [0.2, 0.25) is 0 Å². The molecule has 8 heteroatoms. The molecule has 0 fully saturated rings. The molecule has 0 atom stereocenters. The lowest BCUT2D eigenvalue weighted by Crippen LogP contribution is -2.24. The van der Waals surface area contributed by atoms with E-state index in [1.54, 1.807) is 18.2 Å². The summed E-state index contributed by atoms with van der Waals surface area (Å²) in [6.45, 7) is 0.207. The minimum Gasteiger partial charge on any atom is -0.454 e. The van der Waals surface area contributed by atoms with Crippen LogP contribution in [0.5, 0.6) is 11.5 Å². The van der Waals surface area contributed by atoms with Crippen LogP contribution in [-0.2, 0) is 6.54 Å². The highest BCUT2D eigenvalue weighted by atomic mass is 19.1. The smallest absolute Gasteiger partial charge is 0.351 e. The van der Waals surface area contributed by atoms with Gasteiger partial charge in [0, 0.05) is 12.1 Å². The normalized spacial score (nSPS) is 13.6. The first-order chi connectivity index (χ1) is 12.2. The highest BCUT2D eigenvalue weighted by molar-refractivity contribution is 5.67. The number of halogens is 1. The van der Waals surface area contributed by atoms with Crippen molar-refractivity contribution in [3.8, 4) is 22.8 Å². The van der Waals surface area contributed by atoms with Crippen LogP contribution in [0.3, 0.4) is 0 Å². The molecule has 0 radical (unpaired) electrons. The zero-order chi connectivity index (χ0) is 17.4. The molecule has 2 N–H and O–H groups in total. The molecule has 1 aromatic carbocycles. The fourth-order valence-electron chi connectivity index (χ4n) is 2.78. The van der Waals surface area contributed by atoms with Gasteiger partial charge in [-0.25, -0.2) is 18.3 Å². The zero-order valence-electron chi connectivity index (χ0n) is 13.2. The van der Waals surface area contributed by atoms with Crippen molar-refractivity contribution >= 4 is 5.65 Å². The van der Waals surface area contributed by atoms with Crippen molar-refractivity contribution in [1.82, 2.24) is 14.2 Å². The first-order valence-corrected chi connectivity index (χ1v) is 7.68. The Morgan fingerprint density at radius 3 is 2.92 bits per heavy atom. The first kappa shape index (κ1) is 15.4. The Bertz CT molecular complexity index is 1040. The van der Waals surface area contributed by atoms with Gasteiger partial charge in [0.1, 0.15) is 0 Å². The summed E-state index contributed by atoms with van der Waals surface area (Å²) in [7, 11) is 0. The fourth-order valence-corrected chi connectivity index (χ4v) is 2.78. The maximum Gasteiger partial charge on any atom is 0.351 e. The van der Waals surface area contributed by atoms with Crippen LogP contribution >= 0.6 is 0 Å². The molecule has 25 heavy (non-hydrogen) atoms. The van der Waals surface area contributed by atoms with E-state index in [0.717, 1.165) is 5.56 Å². The molecule has 0 unspecified atom stereocenters. The molecule has 0 saturated carbocycles. The molecule has 1 aliphatic heterocycles. The second kappa shape index (κ2) is 6.06. The number of ether oxygens (including phenoxy) is 2. The third kappa shape index (κ3) is 2.56. The summed E-state index contributed by atoms with van der Waals surface area (Å²) in [5.74, 6) is 1.29. The summed E-state index contributed by atoms with van der Waals surface area (Å²) in [4.78, 5) is 12.7. The van der Waals surface area contributed by atoms with Crippen molar-refractivity contribution in [3.63, 3.8) is 0 Å². The van der Waals surface area contributed by atoms with E-state index in [0.29, 0.717) is 29.2 Å². The molecule has 0 aliphatic carbocycles. The number of pyridine rings is 1. The van der Waals surface area contributed by atoms with Gasteiger partial charge in [-0.1, -0.05) is 6.07 Å². The van der Waals surface area contributed by atoms with Crippen LogP contribution < -0.4 is 20.9 Å². The highest BCUT2D eigenvalue weighted by Crippen LogP contribution is 2.35. The van der Waals surface area contributed by atoms with Crippen molar-refractivity contribution in [3.05, 3.63) is 58.8 Å². The predicted octanol–water partition coefficient (Wildman–Crippen LogP) is 1.70. The average molecular weight is 342 g/mol. The molecule has 2 aromatic heterocycles. The summed E-state index contributed by atoms with van der Waals surface area (Å²) in [6.07, 6.45) is 0.412. The van der Waals surface area contributed by atoms with Crippen LogP contribution in [0.1, 0.15) is 0 Å². The number of nitrogens with zero attached hydrogens (tertiary/aromatic N) is 3. The third-order valence-electron chi connectivity index (χ3n) is 4.04. The van der Waals surface area contributed by atoms with Gasteiger partial charge in [0.25, 0.3) is 0 Å². The number of rotatable bonds is 4. The van der Waals surface area contributed by atoms with Crippen LogP contribution in [0.15, 0.2) is 53.1 Å². The number of benzene rings is 1. The number of aromatic nitrogens is 3. The molecule has 3 aromatic rings. The summed E-state index contributed by atoms with van der Waals surface area (Å²) in [6, 6.07) is 10.8. The van der Waals surface area contributed by atoms with E-state index in [1.807, 2.05) is 18.2 Å². The maximum atomic E-state index is 12.8. The van der Waals surface area contributed by atoms with Crippen molar-refractivity contribution in [1.29, 1.82) is 0 Å². The standard InChI is InChI=1S/C17H15FN4O3/c18-7-11(8-19)9-21-17(23)22-13(2-1-3-16(22)20-21)12-4-5-14-15(6-12)25-10-24-14/h1-7H,8-10,19H2/b11-7+. The Balaban J connectivity index is 1.85. The van der Waals surface area contributed by atoms with E-state index in [1.165, 1.54) is 9.08 Å². The molecule has 1 aliphatic rings. The van der Waals surface area contributed by atoms with Gasteiger partial charge in [-0.05, 0) is 35.9 Å². The van der Waals surface area contributed by atoms with Gasteiger partial charge in [0.05, 0.1) is 18.6 Å². The van der Waals surface area contributed by atoms with Gasteiger partial charge < -0.3 is 15.2 Å². The lowest BCUT2D eigenvalue weighted by atomic mass is 10.1. The Hall–Kier alpha value is -3.13. The Morgan fingerprint density at radius 2 is 2.12 bits per heavy atom. The topological polar surface area (TPSA) is 83.8 Å². The Morgan fingerprint density at radius 1 is 1.28 bits per heavy atom. The maximum absolute atomic E-state index is 12.8. The number of hydrogen-bond donors (Lipinski definition) is 1. The van der Waals surface area contributed by atoms with Crippen LogP contribution in [0, 0.1) is 0 Å². The second-order valence-corrected chi connectivity index (χ2v) is 5.58. The van der Waals surface area contributed by atoms with Crippen LogP contribution in [-0.4, -0.2) is 27.5 Å². The molecule has 3 heterocycles. The average Bonchev–Trinajstić information content (AvgIpc) is 3.23. The summed E-state index contributed by atoms with van der Waals surface area (Å²) in [5, 5.41) is 4.25. The van der Waals surface area contributed by atoms with Gasteiger partial charge in [-0.15, -0.1) is 5.10 Å². The van der Waals surface area contributed by atoms with Crippen molar-refractivity contribution in [2.24, 2.45) is 5.73 Å². The van der Waals surface area contributed by atoms with E-state index in [-0.39, 0.29) is 31.1 Å². The van der Waals surface area contributed by atoms with Crippen molar-refractivity contribution in [2.45, 2.75) is 6.54 Å². The number of fused-ring (bicyclic) bond motifs is 2. The molecule has 7 nitrogen and oxygen atoms in total. The largest absolute Gasteiger partial charge is 0.454 e. The Labute approximate surface area is 141 Å². The van der Waals surface area contributed by atoms with E-state index < -0.39 is 0 Å². The third-order valence-corrected chi connectivity index (χ3v) is 4.04. The van der Waals surface area contributed by atoms with Gasteiger partial charge in [-0.3, -0.25) is 0 Å². The molecular weight excluding hydrogens is 327 g/mol. The van der Waals surface area contributed by atoms with Gasteiger partial charge >= 0.3 is 5.69 Å². The highest BCUT2D eigenvalue weighted by Gasteiger charge is 2.17. The minimum atomic E-state index is -0.365. The molecular formula is C17H15FN4O3. The van der Waals surface area contributed by atoms with Crippen molar-refractivity contribution in [2.75, 3.05) is 13.3 Å². The lowest BCUT2D eigenvalue weighted by Gasteiger charge is -2.05. The van der Waals surface area contributed by atoms with Crippen LogP contribution in [0.4, 0.5) is 4.39 Å². The second-order valence-electron chi connectivity index (χ2n) is 5.58. The Kier molecular flexibility index (Phi) is 3.73. The summed E-state index contributed by atoms with van der Waals surface area (Å²) >= 11 is 0. The minimum absolute atomic E-state index is 0.00803. The van der Waals surface area contributed by atoms with Gasteiger partial charge in [-0.2, -0.15) is 0 Å². The van der Waals surface area contributed by atoms with Gasteiger partial charge in [0.15, 0.2) is 17.1 Å². The fraction of sp³-hybridized carbons (Fsp3) is 0.176. The van der Waals surface area contributed by atoms with E-state index >= 15 is 0 Å². The molecule has 128 valence electrons. The summed E-state index contributed by atoms with van der Waals surface area (Å²) in [5.41, 5.74) is 7.30. The first-order valence-electron chi connectivity index (χ1n) is 7.68. The SMILES string of the molecule is NC/C(=C\F)Cn1nc2cccc(-c3ccc4c(c3)OCO4)n2c1=O. The van der Waals surface area contributed by atoms with Crippen molar-refractivity contribution < 1.29 is 13.9 Å². The van der Waals surface area contributed by atoms with E-state index in [4.69, 9.17) is 15.2 Å². The summed E-state index contributed by atoms with van der Waals surface area (Å²) < 4.78 is 26.2. The molecule has 0 spiro atoms. The zero-order valence-corrected chi connectivity index (χ0v) is 13.2. The molecule has 0 bridgehead atoms. The number of nitrogens with two attached hydrogens (primary N) is 1.